The molecule has 0 amide bonds. The van der Waals surface area contributed by atoms with E-state index in [1.54, 1.807) is 0 Å². The maximum atomic E-state index is 5.60. The maximum absolute atomic E-state index is 5.60. The van der Waals surface area contributed by atoms with Crippen molar-refractivity contribution in [2.75, 3.05) is 5.73 Å². The van der Waals surface area contributed by atoms with Gasteiger partial charge in [0, 0.05) is 16.2 Å². The van der Waals surface area contributed by atoms with Gasteiger partial charge < -0.3 is 5.73 Å². The zero-order valence-corrected chi connectivity index (χ0v) is 10.2. The number of hydrogen-bond donors (Lipinski definition) is 1. The lowest BCUT2D eigenvalue weighted by Gasteiger charge is -2.18. The molecular formula is C12H10BrN3. The maximum Gasteiger partial charge on any atom is 0.220 e. The molecule has 2 N–H and O–H groups in total. The fourth-order valence-electron chi connectivity index (χ4n) is 2.13. The van der Waals surface area contributed by atoms with Gasteiger partial charge in [-0.05, 0) is 36.1 Å². The third-order valence-corrected chi connectivity index (χ3v) is 3.37. The molecule has 0 aliphatic heterocycles. The van der Waals surface area contributed by atoms with E-state index in [-0.39, 0.29) is 0 Å². The van der Waals surface area contributed by atoms with Crippen molar-refractivity contribution in [3.8, 4) is 11.1 Å². The Hall–Kier alpha value is -1.42. The zero-order chi connectivity index (χ0) is 11.1. The molecule has 3 nitrogen and oxygen atoms in total. The Kier molecular flexibility index (Phi) is 2.17. The molecule has 16 heavy (non-hydrogen) atoms. The average molecular weight is 276 g/mol. The number of nitrogen functional groups attached to an aromatic ring is 1. The fourth-order valence-corrected chi connectivity index (χ4v) is 2.54. The second-order valence-corrected chi connectivity index (χ2v) is 4.81. The second-order valence-electron chi connectivity index (χ2n) is 3.89. The minimum atomic E-state index is 0.360. The first kappa shape index (κ1) is 9.78. The van der Waals surface area contributed by atoms with Crippen LogP contribution in [0.25, 0.3) is 11.1 Å². The van der Waals surface area contributed by atoms with Crippen LogP contribution >= 0.6 is 15.9 Å². The van der Waals surface area contributed by atoms with Gasteiger partial charge in [-0.2, -0.15) is 0 Å². The van der Waals surface area contributed by atoms with Gasteiger partial charge in [0.2, 0.25) is 5.95 Å². The molecule has 0 saturated heterocycles. The van der Waals surface area contributed by atoms with Gasteiger partial charge >= 0.3 is 0 Å². The summed E-state index contributed by atoms with van der Waals surface area (Å²) < 4.78 is 1.12. The first-order valence-electron chi connectivity index (χ1n) is 5.14. The number of aryl methyl sites for hydroxylation is 2. The number of nitrogens with zero attached hydrogens (tertiary/aromatic N) is 2. The number of benzene rings is 1. The molecule has 80 valence electrons. The van der Waals surface area contributed by atoms with Crippen LogP contribution in [0, 0.1) is 0 Å². The number of fused-ring (bicyclic) bond motifs is 3. The molecule has 0 bridgehead atoms. The molecule has 1 aliphatic carbocycles. The first-order chi connectivity index (χ1) is 7.74. The number of nitrogens with two attached hydrogens (primary N) is 1. The normalized spacial score (nSPS) is 13.1. The van der Waals surface area contributed by atoms with Crippen molar-refractivity contribution in [3.05, 3.63) is 40.1 Å². The second kappa shape index (κ2) is 3.56. The van der Waals surface area contributed by atoms with E-state index in [0.29, 0.717) is 5.95 Å². The van der Waals surface area contributed by atoms with E-state index in [1.165, 1.54) is 11.1 Å². The Bertz CT molecular complexity index is 515. The van der Waals surface area contributed by atoms with Gasteiger partial charge in [0.15, 0.2) is 0 Å². The topological polar surface area (TPSA) is 51.8 Å². The molecule has 0 atom stereocenters. The van der Waals surface area contributed by atoms with Crippen LogP contribution in [0.2, 0.25) is 0 Å². The highest BCUT2D eigenvalue weighted by atomic mass is 79.9. The Morgan fingerprint density at radius 3 is 2.94 bits per heavy atom. The Morgan fingerprint density at radius 2 is 2.06 bits per heavy atom. The monoisotopic (exact) mass is 275 g/mol. The molecule has 0 fully saturated rings. The highest BCUT2D eigenvalue weighted by molar-refractivity contribution is 9.10. The van der Waals surface area contributed by atoms with Crippen LogP contribution < -0.4 is 5.73 Å². The van der Waals surface area contributed by atoms with E-state index in [2.05, 4.69) is 38.0 Å². The van der Waals surface area contributed by atoms with Gasteiger partial charge in [-0.3, -0.25) is 0 Å². The first-order valence-corrected chi connectivity index (χ1v) is 5.93. The van der Waals surface area contributed by atoms with Crippen molar-refractivity contribution >= 4 is 21.9 Å². The van der Waals surface area contributed by atoms with E-state index in [9.17, 15) is 0 Å². The summed E-state index contributed by atoms with van der Waals surface area (Å²) in [6, 6.07) is 6.32. The van der Waals surface area contributed by atoms with Crippen LogP contribution in [0.15, 0.2) is 28.9 Å². The van der Waals surface area contributed by atoms with Gasteiger partial charge in [-0.15, -0.1) is 0 Å². The van der Waals surface area contributed by atoms with E-state index in [4.69, 9.17) is 5.73 Å². The van der Waals surface area contributed by atoms with Crippen LogP contribution in [-0.2, 0) is 12.8 Å². The van der Waals surface area contributed by atoms with Crippen LogP contribution in [0.1, 0.15) is 11.3 Å². The van der Waals surface area contributed by atoms with Crippen LogP contribution in [-0.4, -0.2) is 9.97 Å². The predicted molar refractivity (Wildman–Crippen MR) is 67.0 cm³/mol. The summed E-state index contributed by atoms with van der Waals surface area (Å²) >= 11 is 3.49. The minimum Gasteiger partial charge on any atom is -0.368 e. The fraction of sp³-hybridized carbons (Fsp3) is 0.167. The molecule has 0 spiro atoms. The smallest absolute Gasteiger partial charge is 0.220 e. The quantitative estimate of drug-likeness (QED) is 0.804. The number of aromatic nitrogens is 2. The van der Waals surface area contributed by atoms with E-state index in [1.807, 2.05) is 12.3 Å². The molecule has 1 aromatic carbocycles. The van der Waals surface area contributed by atoms with E-state index < -0.39 is 0 Å². The molecule has 1 aromatic heterocycles. The SMILES string of the molecule is Nc1ncc2c(n1)CCc1cc(Br)ccc1-2. The number of rotatable bonds is 0. The lowest BCUT2D eigenvalue weighted by atomic mass is 9.89. The molecule has 0 saturated carbocycles. The van der Waals surface area contributed by atoms with Gasteiger partial charge in [0.05, 0.1) is 5.69 Å². The average Bonchev–Trinajstić information content (AvgIpc) is 2.28. The third-order valence-electron chi connectivity index (χ3n) is 2.87. The van der Waals surface area contributed by atoms with Crippen molar-refractivity contribution in [2.45, 2.75) is 12.8 Å². The van der Waals surface area contributed by atoms with Crippen molar-refractivity contribution in [1.82, 2.24) is 9.97 Å². The van der Waals surface area contributed by atoms with Gasteiger partial charge in [-0.1, -0.05) is 22.0 Å². The molecule has 1 aliphatic rings. The Morgan fingerprint density at radius 1 is 1.19 bits per heavy atom. The summed E-state index contributed by atoms with van der Waals surface area (Å²) in [6.07, 6.45) is 3.77. The highest BCUT2D eigenvalue weighted by Gasteiger charge is 2.17. The molecule has 0 unspecified atom stereocenters. The summed E-state index contributed by atoms with van der Waals surface area (Å²) in [4.78, 5) is 8.36. The summed E-state index contributed by atoms with van der Waals surface area (Å²) in [6.45, 7) is 0. The Labute approximate surface area is 102 Å². The molecule has 0 radical (unpaired) electrons. The van der Waals surface area contributed by atoms with Crippen molar-refractivity contribution in [1.29, 1.82) is 0 Å². The number of halogens is 1. The standard InChI is InChI=1S/C12H10BrN3/c13-8-2-3-9-7(5-8)1-4-11-10(9)6-15-12(14)16-11/h2-3,5-6H,1,4H2,(H2,14,15,16). The van der Waals surface area contributed by atoms with Gasteiger partial charge in [0.1, 0.15) is 0 Å². The molecule has 4 heteroatoms. The van der Waals surface area contributed by atoms with Gasteiger partial charge in [-0.25, -0.2) is 9.97 Å². The van der Waals surface area contributed by atoms with Gasteiger partial charge in [0.25, 0.3) is 0 Å². The van der Waals surface area contributed by atoms with E-state index >= 15 is 0 Å². The van der Waals surface area contributed by atoms with Crippen LogP contribution in [0.4, 0.5) is 5.95 Å². The summed E-state index contributed by atoms with van der Waals surface area (Å²) in [5, 5.41) is 0. The van der Waals surface area contributed by atoms with Crippen LogP contribution in [0.3, 0.4) is 0 Å². The zero-order valence-electron chi connectivity index (χ0n) is 8.57. The van der Waals surface area contributed by atoms with Crippen molar-refractivity contribution in [2.24, 2.45) is 0 Å². The van der Waals surface area contributed by atoms with E-state index in [0.717, 1.165) is 28.6 Å². The summed E-state index contributed by atoms with van der Waals surface area (Å²) in [5.41, 5.74) is 10.3. The number of hydrogen-bond acceptors (Lipinski definition) is 3. The van der Waals surface area contributed by atoms with Crippen LogP contribution in [0.5, 0.6) is 0 Å². The van der Waals surface area contributed by atoms with Crippen molar-refractivity contribution < 1.29 is 0 Å². The molecular weight excluding hydrogens is 266 g/mol. The molecule has 1 heterocycles. The summed E-state index contributed by atoms with van der Waals surface area (Å²) in [5.74, 6) is 0.360. The molecule has 3 rings (SSSR count). The minimum absolute atomic E-state index is 0.360. The lowest BCUT2D eigenvalue weighted by Crippen LogP contribution is -2.08. The third kappa shape index (κ3) is 1.50. The Balaban J connectivity index is 2.23. The number of anilines is 1. The lowest BCUT2D eigenvalue weighted by molar-refractivity contribution is 0.887. The molecule has 2 aromatic rings. The predicted octanol–water partition coefficient (Wildman–Crippen LogP) is 2.59. The largest absolute Gasteiger partial charge is 0.368 e. The van der Waals surface area contributed by atoms with Crippen molar-refractivity contribution in [3.63, 3.8) is 0 Å². The highest BCUT2D eigenvalue weighted by Crippen LogP contribution is 2.33. The summed E-state index contributed by atoms with van der Waals surface area (Å²) in [7, 11) is 0.